The predicted molar refractivity (Wildman–Crippen MR) is 154 cm³/mol. The summed E-state index contributed by atoms with van der Waals surface area (Å²) >= 11 is 0. The standard InChI is InChI=1S/C30H33N3O7S/c1-19-10-11-25-20(16-19)23(34)17-26(40-25)28(36)32-30(13-6-3-7-14-30)29(37)31-21-12-15-33(18-24(21)35)22-8-4-5-9-27(22)41(2,38)39/h4-5,8-11,16-17,21H,3,6-7,12-15,18H2,1-2H3,(H,31,37)(H,32,36). The lowest BCUT2D eigenvalue weighted by atomic mass is 9.80. The van der Waals surface area contributed by atoms with Gasteiger partial charge in [0.05, 0.1) is 28.6 Å². The molecule has 11 heteroatoms. The Balaban J connectivity index is 1.32. The van der Waals surface area contributed by atoms with Crippen LogP contribution in [0.5, 0.6) is 0 Å². The van der Waals surface area contributed by atoms with Gasteiger partial charge in [-0.2, -0.15) is 0 Å². The van der Waals surface area contributed by atoms with Crippen molar-refractivity contribution < 1.29 is 27.2 Å². The molecule has 1 saturated carbocycles. The molecule has 0 bridgehead atoms. The summed E-state index contributed by atoms with van der Waals surface area (Å²) in [5, 5.41) is 6.07. The average Bonchev–Trinajstić information content (AvgIpc) is 2.94. The number of piperidine rings is 1. The Morgan fingerprint density at radius 1 is 1.02 bits per heavy atom. The van der Waals surface area contributed by atoms with Crippen LogP contribution in [-0.2, 0) is 19.4 Å². The average molecular weight is 580 g/mol. The van der Waals surface area contributed by atoms with E-state index >= 15 is 0 Å². The molecule has 216 valence electrons. The van der Waals surface area contributed by atoms with Gasteiger partial charge in [-0.05, 0) is 50.5 Å². The van der Waals surface area contributed by atoms with Crippen molar-refractivity contribution in [3.8, 4) is 0 Å². The van der Waals surface area contributed by atoms with Crippen molar-refractivity contribution in [3.05, 3.63) is 70.1 Å². The lowest BCUT2D eigenvalue weighted by Gasteiger charge is -2.39. The second kappa shape index (κ2) is 11.1. The van der Waals surface area contributed by atoms with Crippen LogP contribution in [0.4, 0.5) is 5.69 Å². The summed E-state index contributed by atoms with van der Waals surface area (Å²) in [6.45, 7) is 2.16. The van der Waals surface area contributed by atoms with E-state index in [0.717, 1.165) is 24.3 Å². The Morgan fingerprint density at radius 3 is 2.46 bits per heavy atom. The van der Waals surface area contributed by atoms with Crippen LogP contribution in [0.3, 0.4) is 0 Å². The zero-order valence-corrected chi connectivity index (χ0v) is 23.9. The van der Waals surface area contributed by atoms with Gasteiger partial charge < -0.3 is 20.0 Å². The summed E-state index contributed by atoms with van der Waals surface area (Å²) in [5.74, 6) is -1.55. The van der Waals surface area contributed by atoms with Gasteiger partial charge in [-0.1, -0.05) is 43.0 Å². The van der Waals surface area contributed by atoms with E-state index < -0.39 is 33.2 Å². The first-order chi connectivity index (χ1) is 19.5. The molecule has 41 heavy (non-hydrogen) atoms. The van der Waals surface area contributed by atoms with Crippen molar-refractivity contribution in [2.45, 2.75) is 61.9 Å². The highest BCUT2D eigenvalue weighted by molar-refractivity contribution is 7.90. The molecule has 2 aromatic carbocycles. The fourth-order valence-electron chi connectivity index (χ4n) is 5.74. The molecule has 1 atom stereocenters. The summed E-state index contributed by atoms with van der Waals surface area (Å²) in [6, 6.07) is 12.0. The number of nitrogens with one attached hydrogen (secondary N) is 2. The normalized spacial score (nSPS) is 19.1. The number of rotatable bonds is 6. The highest BCUT2D eigenvalue weighted by atomic mass is 32.2. The third-order valence-electron chi connectivity index (χ3n) is 7.93. The number of Topliss-reactive ketones (excluding diaryl/α,β-unsaturated/α-hetero) is 1. The van der Waals surface area contributed by atoms with Crippen LogP contribution in [0, 0.1) is 6.92 Å². The van der Waals surface area contributed by atoms with Crippen LogP contribution < -0.4 is 21.0 Å². The Hall–Kier alpha value is -3.99. The number of aryl methyl sites for hydroxylation is 1. The Labute approximate surface area is 238 Å². The highest BCUT2D eigenvalue weighted by Gasteiger charge is 2.43. The molecule has 1 aliphatic carbocycles. The number of sulfone groups is 1. The minimum Gasteiger partial charge on any atom is -0.451 e. The molecule has 10 nitrogen and oxygen atoms in total. The predicted octanol–water partition coefficient (Wildman–Crippen LogP) is 2.90. The number of carbonyl (C=O) groups excluding carboxylic acids is 3. The Morgan fingerprint density at radius 2 is 1.76 bits per heavy atom. The van der Waals surface area contributed by atoms with Crippen molar-refractivity contribution >= 4 is 44.1 Å². The first-order valence-corrected chi connectivity index (χ1v) is 15.6. The fraction of sp³-hybridized carbons (Fsp3) is 0.400. The maximum Gasteiger partial charge on any atom is 0.288 e. The molecule has 1 aliphatic heterocycles. The van der Waals surface area contributed by atoms with Gasteiger partial charge in [0.15, 0.2) is 26.8 Å². The monoisotopic (exact) mass is 579 g/mol. The van der Waals surface area contributed by atoms with E-state index in [2.05, 4.69) is 10.6 Å². The van der Waals surface area contributed by atoms with Gasteiger partial charge in [-0.3, -0.25) is 19.2 Å². The molecule has 2 heterocycles. The van der Waals surface area contributed by atoms with Gasteiger partial charge in [0, 0.05) is 18.9 Å². The Kier molecular flexibility index (Phi) is 7.74. The minimum absolute atomic E-state index is 0.0570. The van der Waals surface area contributed by atoms with Crippen LogP contribution in [-0.4, -0.2) is 56.9 Å². The SMILES string of the molecule is Cc1ccc2oc(C(=O)NC3(C(=O)NC4CCN(c5ccccc5S(C)(=O)=O)CC4=O)CCCCC3)cc(=O)c2c1. The van der Waals surface area contributed by atoms with Crippen LogP contribution >= 0.6 is 0 Å². The van der Waals surface area contributed by atoms with E-state index in [0.29, 0.717) is 43.3 Å². The summed E-state index contributed by atoms with van der Waals surface area (Å²) in [7, 11) is -3.50. The van der Waals surface area contributed by atoms with Gasteiger partial charge >= 0.3 is 0 Å². The molecule has 5 rings (SSSR count). The van der Waals surface area contributed by atoms with Gasteiger partial charge in [0.25, 0.3) is 5.91 Å². The molecule has 0 radical (unpaired) electrons. The molecule has 2 fully saturated rings. The molecule has 3 aromatic rings. The number of hydrogen-bond donors (Lipinski definition) is 2. The van der Waals surface area contributed by atoms with Crippen molar-refractivity contribution in [2.24, 2.45) is 0 Å². The van der Waals surface area contributed by atoms with E-state index in [1.54, 1.807) is 41.3 Å². The van der Waals surface area contributed by atoms with Crippen molar-refractivity contribution in [2.75, 3.05) is 24.2 Å². The first-order valence-electron chi connectivity index (χ1n) is 13.7. The van der Waals surface area contributed by atoms with Gasteiger partial charge in [0.1, 0.15) is 11.1 Å². The van der Waals surface area contributed by atoms with Gasteiger partial charge in [-0.25, -0.2) is 8.42 Å². The largest absolute Gasteiger partial charge is 0.451 e. The topological polar surface area (TPSA) is 143 Å². The molecule has 1 unspecified atom stereocenters. The third-order valence-corrected chi connectivity index (χ3v) is 9.08. The zero-order chi connectivity index (χ0) is 29.4. The van der Waals surface area contributed by atoms with Gasteiger partial charge in [0.2, 0.25) is 5.91 Å². The number of amides is 2. The van der Waals surface area contributed by atoms with Gasteiger partial charge in [-0.15, -0.1) is 0 Å². The van der Waals surface area contributed by atoms with Crippen LogP contribution in [0.1, 0.15) is 54.6 Å². The quantitative estimate of drug-likeness (QED) is 0.454. The minimum atomic E-state index is -3.50. The van der Waals surface area contributed by atoms with Crippen LogP contribution in [0.2, 0.25) is 0 Å². The Bertz CT molecular complexity index is 1690. The first kappa shape index (κ1) is 28.5. The van der Waals surface area contributed by atoms with E-state index in [1.165, 1.54) is 6.07 Å². The summed E-state index contributed by atoms with van der Waals surface area (Å²) < 4.78 is 30.3. The molecule has 2 amide bonds. The summed E-state index contributed by atoms with van der Waals surface area (Å²) in [4.78, 5) is 54.7. The van der Waals surface area contributed by atoms with E-state index in [1.807, 2.05) is 6.92 Å². The summed E-state index contributed by atoms with van der Waals surface area (Å²) in [5.41, 5.74) is 0.0226. The number of anilines is 1. The second-order valence-corrected chi connectivity index (χ2v) is 13.0. The molecular weight excluding hydrogens is 546 g/mol. The lowest BCUT2D eigenvalue weighted by Crippen LogP contribution is -2.63. The zero-order valence-electron chi connectivity index (χ0n) is 23.1. The van der Waals surface area contributed by atoms with Crippen molar-refractivity contribution in [3.63, 3.8) is 0 Å². The molecule has 2 N–H and O–H groups in total. The number of para-hydroxylation sites is 1. The number of benzene rings is 2. The highest BCUT2D eigenvalue weighted by Crippen LogP contribution is 2.31. The molecule has 2 aliphatic rings. The maximum atomic E-state index is 13.7. The smallest absolute Gasteiger partial charge is 0.288 e. The van der Waals surface area contributed by atoms with Crippen LogP contribution in [0.25, 0.3) is 11.0 Å². The summed E-state index contributed by atoms with van der Waals surface area (Å²) in [6.07, 6.45) is 4.51. The second-order valence-electron chi connectivity index (χ2n) is 11.0. The molecular formula is C30H33N3O7S. The van der Waals surface area contributed by atoms with E-state index in [9.17, 15) is 27.6 Å². The fourth-order valence-corrected chi connectivity index (χ4v) is 6.64. The number of hydrogen-bond acceptors (Lipinski definition) is 8. The number of ketones is 1. The van der Waals surface area contributed by atoms with Crippen molar-refractivity contribution in [1.82, 2.24) is 10.6 Å². The van der Waals surface area contributed by atoms with E-state index in [-0.39, 0.29) is 40.4 Å². The molecule has 0 spiro atoms. The van der Waals surface area contributed by atoms with Crippen LogP contribution in [0.15, 0.2) is 62.6 Å². The third kappa shape index (κ3) is 5.90. The van der Waals surface area contributed by atoms with E-state index in [4.69, 9.17) is 4.42 Å². The number of nitrogens with zero attached hydrogens (tertiary/aromatic N) is 1. The number of fused-ring (bicyclic) bond motifs is 1. The molecule has 1 aromatic heterocycles. The van der Waals surface area contributed by atoms with Crippen molar-refractivity contribution in [1.29, 1.82) is 0 Å². The molecule has 1 saturated heterocycles. The maximum absolute atomic E-state index is 13.7. The lowest BCUT2D eigenvalue weighted by molar-refractivity contribution is -0.133. The number of carbonyl (C=O) groups is 3.